The van der Waals surface area contributed by atoms with Crippen LogP contribution in [-0.2, 0) is 4.74 Å². The van der Waals surface area contributed by atoms with Crippen LogP contribution in [0, 0.1) is 5.82 Å². The molecule has 0 radical (unpaired) electrons. The van der Waals surface area contributed by atoms with Crippen molar-refractivity contribution < 1.29 is 13.9 Å². The molecule has 0 aliphatic carbocycles. The maximum absolute atomic E-state index is 13.4. The van der Waals surface area contributed by atoms with Crippen LogP contribution in [0.1, 0.15) is 17.3 Å². The number of hydrogen-bond donors (Lipinski definition) is 0. The summed E-state index contributed by atoms with van der Waals surface area (Å²) in [5.41, 5.74) is 3.46. The fraction of sp³-hybridized carbons (Fsp3) is 0.286. The summed E-state index contributed by atoms with van der Waals surface area (Å²) in [5, 5.41) is -0.00685. The van der Waals surface area contributed by atoms with Crippen molar-refractivity contribution in [2.45, 2.75) is 13.0 Å². The minimum Gasteiger partial charge on any atom is -0.377 e. The van der Waals surface area contributed by atoms with Gasteiger partial charge in [-0.05, 0) is 55.6 Å². The third-order valence-electron chi connectivity index (χ3n) is 4.82. The Kier molecular flexibility index (Phi) is 5.28. The molecule has 28 heavy (non-hydrogen) atoms. The van der Waals surface area contributed by atoms with Crippen molar-refractivity contribution in [3.05, 3.63) is 53.8 Å². The second-order valence-electron chi connectivity index (χ2n) is 6.72. The van der Waals surface area contributed by atoms with Crippen molar-refractivity contribution in [3.63, 3.8) is 0 Å². The highest BCUT2D eigenvalue weighted by atomic mass is 32.2. The lowest BCUT2D eigenvalue weighted by molar-refractivity contribution is 0.0986. The Labute approximate surface area is 166 Å². The van der Waals surface area contributed by atoms with Gasteiger partial charge in [0.1, 0.15) is 11.5 Å². The van der Waals surface area contributed by atoms with Crippen LogP contribution < -0.4 is 4.90 Å². The summed E-state index contributed by atoms with van der Waals surface area (Å²) >= 11 is 1.17. The number of morpholine rings is 1. The molecule has 5 nitrogen and oxygen atoms in total. The van der Waals surface area contributed by atoms with Gasteiger partial charge in [-0.2, -0.15) is 0 Å². The van der Waals surface area contributed by atoms with Crippen LogP contribution in [-0.4, -0.2) is 47.1 Å². The van der Waals surface area contributed by atoms with Gasteiger partial charge >= 0.3 is 0 Å². The summed E-state index contributed by atoms with van der Waals surface area (Å²) in [6.07, 6.45) is 1.76. The van der Waals surface area contributed by atoms with Gasteiger partial charge in [0.15, 0.2) is 5.82 Å². The van der Waals surface area contributed by atoms with Gasteiger partial charge in [0.25, 0.3) is 0 Å². The van der Waals surface area contributed by atoms with E-state index in [9.17, 15) is 9.18 Å². The van der Waals surface area contributed by atoms with Gasteiger partial charge in [0, 0.05) is 17.7 Å². The van der Waals surface area contributed by atoms with E-state index in [0.717, 1.165) is 11.4 Å². The fourth-order valence-electron chi connectivity index (χ4n) is 3.33. The van der Waals surface area contributed by atoms with E-state index in [4.69, 9.17) is 14.7 Å². The minimum absolute atomic E-state index is 0.00685. The van der Waals surface area contributed by atoms with Gasteiger partial charge in [-0.15, -0.1) is 0 Å². The smallest absolute Gasteiger partial charge is 0.219 e. The van der Waals surface area contributed by atoms with Gasteiger partial charge in [-0.25, -0.2) is 14.4 Å². The number of carbonyl (C=O) groups excluding carboxylic acids is 1. The number of nitrogens with zero attached hydrogens (tertiary/aromatic N) is 3. The summed E-state index contributed by atoms with van der Waals surface area (Å²) in [4.78, 5) is 23.9. The molecule has 0 amide bonds. The number of carbonyl (C=O) groups is 1. The number of rotatable bonds is 3. The molecule has 7 heteroatoms. The Hall–Kier alpha value is -2.51. The van der Waals surface area contributed by atoms with Crippen LogP contribution in [0.5, 0.6) is 0 Å². The van der Waals surface area contributed by atoms with Gasteiger partial charge in [-0.1, -0.05) is 11.8 Å². The van der Waals surface area contributed by atoms with Crippen molar-refractivity contribution in [1.82, 2.24) is 9.97 Å². The molecule has 144 valence electrons. The number of aromatic nitrogens is 2. The lowest BCUT2D eigenvalue weighted by Crippen LogP contribution is -2.44. The van der Waals surface area contributed by atoms with E-state index in [-0.39, 0.29) is 17.0 Å². The molecule has 0 bridgehead atoms. The van der Waals surface area contributed by atoms with Gasteiger partial charge in [0.2, 0.25) is 5.12 Å². The zero-order valence-electron chi connectivity index (χ0n) is 15.7. The van der Waals surface area contributed by atoms with Gasteiger partial charge in [-0.3, -0.25) is 4.79 Å². The molecule has 1 aliphatic rings. The number of ether oxygens (including phenoxy) is 1. The first kappa shape index (κ1) is 18.8. The van der Waals surface area contributed by atoms with E-state index in [0.29, 0.717) is 42.0 Å². The Morgan fingerprint density at radius 3 is 2.68 bits per heavy atom. The van der Waals surface area contributed by atoms with Crippen molar-refractivity contribution >= 4 is 33.7 Å². The maximum Gasteiger partial charge on any atom is 0.219 e. The molecule has 2 aromatic carbocycles. The summed E-state index contributed by atoms with van der Waals surface area (Å²) in [6.45, 7) is 3.98. The molecular weight excluding hydrogens is 377 g/mol. The van der Waals surface area contributed by atoms with E-state index < -0.39 is 0 Å². The van der Waals surface area contributed by atoms with Crippen molar-refractivity contribution in [2.75, 3.05) is 30.9 Å². The first-order valence-corrected chi connectivity index (χ1v) is 10.3. The number of hydrogen-bond acceptors (Lipinski definition) is 6. The molecule has 0 spiro atoms. The highest BCUT2D eigenvalue weighted by molar-refractivity contribution is 8.13. The van der Waals surface area contributed by atoms with E-state index in [2.05, 4.69) is 11.8 Å². The molecule has 0 saturated carbocycles. The molecule has 4 rings (SSSR count). The lowest BCUT2D eigenvalue weighted by Gasteiger charge is -2.35. The first-order valence-electron chi connectivity index (χ1n) is 9.07. The van der Waals surface area contributed by atoms with Crippen LogP contribution in [0.25, 0.3) is 22.3 Å². The Morgan fingerprint density at radius 2 is 1.96 bits per heavy atom. The third kappa shape index (κ3) is 3.59. The Balaban J connectivity index is 1.90. The largest absolute Gasteiger partial charge is 0.377 e. The molecule has 3 aromatic rings. The number of halogens is 1. The Morgan fingerprint density at radius 1 is 1.18 bits per heavy atom. The molecule has 1 saturated heterocycles. The van der Waals surface area contributed by atoms with E-state index in [1.807, 2.05) is 6.07 Å². The number of benzene rings is 2. The molecule has 2 heterocycles. The van der Waals surface area contributed by atoms with Crippen LogP contribution >= 0.6 is 11.8 Å². The number of thioether (sulfide) groups is 1. The van der Waals surface area contributed by atoms with Gasteiger partial charge < -0.3 is 9.64 Å². The molecule has 1 fully saturated rings. The van der Waals surface area contributed by atoms with Crippen molar-refractivity contribution in [2.24, 2.45) is 0 Å². The predicted octanol–water partition coefficient (Wildman–Crippen LogP) is 4.16. The molecular formula is C21H20FN3O2S. The van der Waals surface area contributed by atoms with Crippen LogP contribution in [0.4, 0.5) is 10.2 Å². The zero-order valence-corrected chi connectivity index (χ0v) is 16.5. The Bertz CT molecular complexity index is 1030. The van der Waals surface area contributed by atoms with Gasteiger partial charge in [0.05, 0.1) is 30.3 Å². The summed E-state index contributed by atoms with van der Waals surface area (Å²) < 4.78 is 19.0. The summed E-state index contributed by atoms with van der Waals surface area (Å²) in [7, 11) is 0. The topological polar surface area (TPSA) is 55.3 Å². The number of fused-ring (bicyclic) bond motifs is 1. The predicted molar refractivity (Wildman–Crippen MR) is 110 cm³/mol. The monoisotopic (exact) mass is 397 g/mol. The molecule has 0 unspecified atom stereocenters. The van der Waals surface area contributed by atoms with E-state index in [1.165, 1.54) is 23.9 Å². The number of anilines is 1. The van der Waals surface area contributed by atoms with Crippen LogP contribution in [0.2, 0.25) is 0 Å². The highest BCUT2D eigenvalue weighted by Crippen LogP contribution is 2.32. The lowest BCUT2D eigenvalue weighted by atomic mass is 10.1. The first-order chi connectivity index (χ1) is 13.6. The van der Waals surface area contributed by atoms with Crippen LogP contribution in [0.15, 0.2) is 42.5 Å². The molecule has 0 N–H and O–H groups in total. The standard InChI is InChI=1S/C21H20FN3O2S/c1-13-12-27-10-9-25(13)20-19(14-3-6-16(22)7-4-14)23-17-8-5-15(21(26)28-2)11-18(17)24-20/h3-8,11,13H,9-10,12H2,1-2H3/t13-/m0/s1. The molecule has 1 aliphatic heterocycles. The molecule has 1 atom stereocenters. The molecule has 1 aromatic heterocycles. The highest BCUT2D eigenvalue weighted by Gasteiger charge is 2.25. The second kappa shape index (κ2) is 7.85. The minimum atomic E-state index is -0.293. The fourth-order valence-corrected chi connectivity index (χ4v) is 3.70. The third-order valence-corrected chi connectivity index (χ3v) is 5.43. The zero-order chi connectivity index (χ0) is 19.7. The van der Waals surface area contributed by atoms with E-state index in [1.54, 1.807) is 30.5 Å². The SMILES string of the molecule is CSC(=O)c1ccc2nc(-c3ccc(F)cc3)c(N3CCOC[C@@H]3C)nc2c1. The summed E-state index contributed by atoms with van der Waals surface area (Å²) in [5.74, 6) is 0.433. The quantitative estimate of drug-likeness (QED) is 0.661. The second-order valence-corrected chi connectivity index (χ2v) is 7.49. The summed E-state index contributed by atoms with van der Waals surface area (Å²) in [6, 6.07) is 11.8. The average Bonchev–Trinajstić information content (AvgIpc) is 2.73. The normalized spacial score (nSPS) is 17.1. The van der Waals surface area contributed by atoms with E-state index >= 15 is 0 Å². The van der Waals surface area contributed by atoms with Crippen molar-refractivity contribution in [3.8, 4) is 11.3 Å². The maximum atomic E-state index is 13.4. The van der Waals surface area contributed by atoms with Crippen LogP contribution in [0.3, 0.4) is 0 Å². The average molecular weight is 397 g/mol. The van der Waals surface area contributed by atoms with Crippen molar-refractivity contribution in [1.29, 1.82) is 0 Å².